The molecule has 0 heterocycles. The number of hydrogen-bond donors (Lipinski definition) is 1. The van der Waals surface area contributed by atoms with E-state index in [2.05, 4.69) is 6.92 Å². The van der Waals surface area contributed by atoms with Gasteiger partial charge in [0.1, 0.15) is 16.4 Å². The molecule has 0 saturated heterocycles. The predicted octanol–water partition coefficient (Wildman–Crippen LogP) is 0.926. The molecular weight excluding hydrogens is 351 g/mol. The predicted molar refractivity (Wildman–Crippen MR) is 90.1 cm³/mol. The molecule has 2 aromatic carbocycles. The van der Waals surface area contributed by atoms with Crippen LogP contribution in [0.1, 0.15) is 38.2 Å². The van der Waals surface area contributed by atoms with Gasteiger partial charge in [0.05, 0.1) is 0 Å². The number of benzene rings is 2. The van der Waals surface area contributed by atoms with Gasteiger partial charge in [-0.15, -0.1) is 5.75 Å². The van der Waals surface area contributed by atoms with Crippen LogP contribution in [-0.2, 0) is 16.5 Å². The zero-order chi connectivity index (χ0) is 17.6. The third-order valence-electron chi connectivity index (χ3n) is 3.65. The summed E-state index contributed by atoms with van der Waals surface area (Å²) in [7, 11) is -4.44. The van der Waals surface area contributed by atoms with E-state index in [9.17, 15) is 18.1 Å². The van der Waals surface area contributed by atoms with Gasteiger partial charge in [-0.1, -0.05) is 50.5 Å². The minimum absolute atomic E-state index is 0. The SMILES string of the molecule is CCCCCCc1cccc(Oc2cccc([O-])c2)c1S(=O)(=O)O.[Na+]. The van der Waals surface area contributed by atoms with Crippen molar-refractivity contribution in [3.05, 3.63) is 48.0 Å². The molecule has 2 aromatic rings. The Labute approximate surface area is 171 Å². The number of ether oxygens (including phenoxy) is 1. The molecule has 7 heteroatoms. The first-order valence-electron chi connectivity index (χ1n) is 7.96. The summed E-state index contributed by atoms with van der Waals surface area (Å²) in [5, 5.41) is 11.4. The quantitative estimate of drug-likeness (QED) is 0.423. The molecule has 25 heavy (non-hydrogen) atoms. The molecule has 130 valence electrons. The molecule has 2 rings (SSSR count). The van der Waals surface area contributed by atoms with Crippen LogP contribution in [0.15, 0.2) is 47.4 Å². The van der Waals surface area contributed by atoms with Gasteiger partial charge in [-0.2, -0.15) is 8.42 Å². The van der Waals surface area contributed by atoms with E-state index in [1.165, 1.54) is 24.3 Å². The maximum absolute atomic E-state index is 11.8. The topological polar surface area (TPSA) is 86.7 Å². The molecule has 5 nitrogen and oxygen atoms in total. The van der Waals surface area contributed by atoms with Gasteiger partial charge in [0.2, 0.25) is 0 Å². The van der Waals surface area contributed by atoms with Crippen LogP contribution in [0.3, 0.4) is 0 Å². The fourth-order valence-corrected chi connectivity index (χ4v) is 3.40. The zero-order valence-corrected chi connectivity index (χ0v) is 17.4. The van der Waals surface area contributed by atoms with E-state index in [0.29, 0.717) is 12.0 Å². The van der Waals surface area contributed by atoms with E-state index in [1.807, 2.05) is 0 Å². The van der Waals surface area contributed by atoms with Gasteiger partial charge in [0, 0.05) is 0 Å². The summed E-state index contributed by atoms with van der Waals surface area (Å²) >= 11 is 0. The first-order chi connectivity index (χ1) is 11.4. The summed E-state index contributed by atoms with van der Waals surface area (Å²) in [6.07, 6.45) is 4.52. The Morgan fingerprint density at radius 2 is 1.80 bits per heavy atom. The number of aryl methyl sites for hydroxylation is 1. The van der Waals surface area contributed by atoms with Crippen LogP contribution in [-0.4, -0.2) is 13.0 Å². The van der Waals surface area contributed by atoms with Crippen molar-refractivity contribution in [2.45, 2.75) is 43.9 Å². The molecule has 0 aliphatic rings. The van der Waals surface area contributed by atoms with Gasteiger partial charge in [-0.3, -0.25) is 4.55 Å². The van der Waals surface area contributed by atoms with Crippen LogP contribution in [0.2, 0.25) is 0 Å². The van der Waals surface area contributed by atoms with Crippen LogP contribution < -0.4 is 39.4 Å². The fraction of sp³-hybridized carbons (Fsp3) is 0.333. The molecule has 0 radical (unpaired) electrons. The Morgan fingerprint density at radius 3 is 2.44 bits per heavy atom. The van der Waals surface area contributed by atoms with Crippen molar-refractivity contribution >= 4 is 10.1 Å². The summed E-state index contributed by atoms with van der Waals surface area (Å²) in [6, 6.07) is 10.5. The summed E-state index contributed by atoms with van der Waals surface area (Å²) in [4.78, 5) is -0.224. The summed E-state index contributed by atoms with van der Waals surface area (Å²) in [5.74, 6) is 0.0169. The first-order valence-corrected chi connectivity index (χ1v) is 9.40. The van der Waals surface area contributed by atoms with Crippen LogP contribution in [0.5, 0.6) is 17.2 Å². The molecular formula is C18H21NaO5S. The second-order valence-corrected chi connectivity index (χ2v) is 6.97. The van der Waals surface area contributed by atoms with Gasteiger partial charge >= 0.3 is 29.6 Å². The molecule has 0 saturated carbocycles. The maximum Gasteiger partial charge on any atom is 1.00 e. The van der Waals surface area contributed by atoms with Crippen LogP contribution in [0.4, 0.5) is 0 Å². The van der Waals surface area contributed by atoms with Crippen molar-refractivity contribution in [2.75, 3.05) is 0 Å². The standard InChI is InChI=1S/C18H22O5S.Na/c1-2-3-4-5-8-14-9-6-12-17(18(14)24(20,21)22)23-16-11-7-10-15(19)13-16;/h6-7,9-13,19H,2-5,8H2,1H3,(H,20,21,22);/q;+1/p-1. The normalized spacial score (nSPS) is 11.0. The second-order valence-electron chi connectivity index (χ2n) is 5.61. The van der Waals surface area contributed by atoms with Gasteiger partial charge in [-0.25, -0.2) is 0 Å². The van der Waals surface area contributed by atoms with Crippen molar-refractivity contribution in [3.8, 4) is 17.2 Å². The first kappa shape index (κ1) is 22.0. The van der Waals surface area contributed by atoms with Gasteiger partial charge < -0.3 is 9.84 Å². The molecule has 0 aliphatic carbocycles. The average Bonchev–Trinajstić information content (AvgIpc) is 2.50. The summed E-state index contributed by atoms with van der Waals surface area (Å²) in [5.41, 5.74) is 0.518. The third kappa shape index (κ3) is 6.64. The Kier molecular flexibility index (Phi) is 8.96. The number of rotatable bonds is 8. The zero-order valence-electron chi connectivity index (χ0n) is 14.6. The van der Waals surface area contributed by atoms with Crippen molar-refractivity contribution in [3.63, 3.8) is 0 Å². The number of hydrogen-bond acceptors (Lipinski definition) is 4. The molecule has 0 spiro atoms. The Bertz CT molecular complexity index is 790. The van der Waals surface area contributed by atoms with Gasteiger partial charge in [-0.05, 0) is 36.6 Å². The largest absolute Gasteiger partial charge is 1.00 e. The molecule has 0 bridgehead atoms. The minimum Gasteiger partial charge on any atom is -0.872 e. The summed E-state index contributed by atoms with van der Waals surface area (Å²) in [6.45, 7) is 2.10. The smallest absolute Gasteiger partial charge is 0.872 e. The maximum atomic E-state index is 11.8. The molecule has 0 fully saturated rings. The molecule has 1 N–H and O–H groups in total. The van der Waals surface area contributed by atoms with Crippen molar-refractivity contribution in [1.82, 2.24) is 0 Å². The van der Waals surface area contributed by atoms with Crippen LogP contribution in [0, 0.1) is 0 Å². The minimum atomic E-state index is -4.44. The fourth-order valence-electron chi connectivity index (χ4n) is 2.54. The van der Waals surface area contributed by atoms with E-state index in [4.69, 9.17) is 4.74 Å². The Balaban J connectivity index is 0.00000312. The second kappa shape index (κ2) is 10.2. The molecule has 0 amide bonds. The van der Waals surface area contributed by atoms with Crippen LogP contribution in [0.25, 0.3) is 0 Å². The van der Waals surface area contributed by atoms with E-state index in [0.717, 1.165) is 25.7 Å². The van der Waals surface area contributed by atoms with E-state index in [-0.39, 0.29) is 51.7 Å². The van der Waals surface area contributed by atoms with Gasteiger partial charge in [0.15, 0.2) is 0 Å². The van der Waals surface area contributed by atoms with E-state index < -0.39 is 10.1 Å². The summed E-state index contributed by atoms with van der Waals surface area (Å²) < 4.78 is 38.8. The molecule has 0 aromatic heterocycles. The van der Waals surface area contributed by atoms with Crippen LogP contribution >= 0.6 is 0 Å². The number of unbranched alkanes of at least 4 members (excludes halogenated alkanes) is 3. The van der Waals surface area contributed by atoms with Crippen molar-refractivity contribution in [1.29, 1.82) is 0 Å². The van der Waals surface area contributed by atoms with Crippen molar-refractivity contribution < 1.29 is 52.4 Å². The average molecular weight is 372 g/mol. The van der Waals surface area contributed by atoms with Crippen molar-refractivity contribution in [2.24, 2.45) is 0 Å². The monoisotopic (exact) mass is 372 g/mol. The Hall–Kier alpha value is -1.05. The van der Waals surface area contributed by atoms with Gasteiger partial charge in [0.25, 0.3) is 10.1 Å². The third-order valence-corrected chi connectivity index (χ3v) is 4.63. The molecule has 0 aliphatic heterocycles. The molecule has 0 unspecified atom stereocenters. The Morgan fingerprint density at radius 1 is 1.08 bits per heavy atom. The van der Waals surface area contributed by atoms with E-state index >= 15 is 0 Å². The molecule has 0 atom stereocenters. The van der Waals surface area contributed by atoms with E-state index in [1.54, 1.807) is 18.2 Å².